The summed E-state index contributed by atoms with van der Waals surface area (Å²) in [4.78, 5) is 0. The van der Waals surface area contributed by atoms with E-state index in [0.29, 0.717) is 0 Å². The molecule has 1 aromatic heterocycles. The van der Waals surface area contributed by atoms with E-state index < -0.39 is 0 Å². The van der Waals surface area contributed by atoms with Gasteiger partial charge in [-0.15, -0.1) is 17.0 Å². The van der Waals surface area contributed by atoms with Gasteiger partial charge in [0.25, 0.3) is 0 Å². The minimum Gasteiger partial charge on any atom is -0.456 e. The van der Waals surface area contributed by atoms with Crippen LogP contribution in [0.5, 0.6) is 0 Å². The summed E-state index contributed by atoms with van der Waals surface area (Å²) in [6.07, 6.45) is 0. The van der Waals surface area contributed by atoms with E-state index in [0.717, 1.165) is 11.2 Å². The van der Waals surface area contributed by atoms with Crippen molar-refractivity contribution < 1.29 is 4.42 Å². The zero-order chi connectivity index (χ0) is 8.67. The molecule has 0 N–H and O–H groups in total. The first-order chi connectivity index (χ1) is 6.45. The fraction of sp³-hybridized carbons (Fsp3) is 0. The van der Waals surface area contributed by atoms with Gasteiger partial charge in [-0.1, -0.05) is 36.4 Å². The average molecular weight is 249 g/mol. The first-order valence-electron chi connectivity index (χ1n) is 4.31. The molecule has 2 heteroatoms. The zero-order valence-corrected chi connectivity index (χ0v) is 9.15. The van der Waals surface area contributed by atoms with Crippen LogP contribution in [0.2, 0.25) is 0 Å². The van der Waals surface area contributed by atoms with Crippen molar-refractivity contribution in [3.8, 4) is 0 Å². The molecule has 0 radical (unpaired) electrons. The van der Waals surface area contributed by atoms with Crippen LogP contribution in [0.25, 0.3) is 21.9 Å². The SMILES string of the molecule is Br.c1ccc2c(c1)oc1ccccc12. The van der Waals surface area contributed by atoms with Crippen LogP contribution < -0.4 is 0 Å². The third-order valence-corrected chi connectivity index (χ3v) is 2.28. The van der Waals surface area contributed by atoms with Crippen molar-refractivity contribution in [1.29, 1.82) is 0 Å². The number of furan rings is 1. The second-order valence-corrected chi connectivity index (χ2v) is 3.09. The second-order valence-electron chi connectivity index (χ2n) is 3.09. The summed E-state index contributed by atoms with van der Waals surface area (Å²) >= 11 is 0. The molecule has 0 aliphatic carbocycles. The minimum atomic E-state index is 0. The molecule has 0 fully saturated rings. The van der Waals surface area contributed by atoms with Gasteiger partial charge in [0.05, 0.1) is 0 Å². The maximum atomic E-state index is 5.65. The lowest BCUT2D eigenvalue weighted by Gasteiger charge is -1.85. The summed E-state index contributed by atoms with van der Waals surface area (Å²) in [5, 5.41) is 2.39. The quantitative estimate of drug-likeness (QED) is 0.583. The smallest absolute Gasteiger partial charge is 0.135 e. The third kappa shape index (κ3) is 1.23. The first-order valence-corrected chi connectivity index (χ1v) is 4.31. The molecule has 3 aromatic rings. The van der Waals surface area contributed by atoms with Crippen LogP contribution in [-0.2, 0) is 0 Å². The summed E-state index contributed by atoms with van der Waals surface area (Å²) < 4.78 is 5.65. The Morgan fingerprint density at radius 2 is 1.07 bits per heavy atom. The Balaban J connectivity index is 0.000000750. The molecule has 0 amide bonds. The molecule has 70 valence electrons. The molecule has 3 rings (SSSR count). The van der Waals surface area contributed by atoms with Gasteiger partial charge in [0.2, 0.25) is 0 Å². The molecule has 2 aromatic carbocycles. The highest BCUT2D eigenvalue weighted by Crippen LogP contribution is 2.27. The number of rotatable bonds is 0. The van der Waals surface area contributed by atoms with Gasteiger partial charge in [-0.25, -0.2) is 0 Å². The summed E-state index contributed by atoms with van der Waals surface area (Å²) in [6.45, 7) is 0. The Labute approximate surface area is 92.1 Å². The molecule has 0 unspecified atom stereocenters. The Kier molecular flexibility index (Phi) is 2.30. The largest absolute Gasteiger partial charge is 0.456 e. The summed E-state index contributed by atoms with van der Waals surface area (Å²) in [7, 11) is 0. The molecule has 14 heavy (non-hydrogen) atoms. The number of halogens is 1. The predicted molar refractivity (Wildman–Crippen MR) is 64.0 cm³/mol. The van der Waals surface area contributed by atoms with Gasteiger partial charge < -0.3 is 4.42 Å². The van der Waals surface area contributed by atoms with E-state index in [1.165, 1.54) is 10.8 Å². The fourth-order valence-corrected chi connectivity index (χ4v) is 1.67. The van der Waals surface area contributed by atoms with Crippen molar-refractivity contribution in [2.45, 2.75) is 0 Å². The molecule has 0 atom stereocenters. The van der Waals surface area contributed by atoms with Crippen molar-refractivity contribution in [2.75, 3.05) is 0 Å². The normalized spacial score (nSPS) is 10.3. The lowest BCUT2D eigenvalue weighted by Crippen LogP contribution is -1.62. The predicted octanol–water partition coefficient (Wildman–Crippen LogP) is 4.16. The van der Waals surface area contributed by atoms with E-state index in [4.69, 9.17) is 4.42 Å². The second kappa shape index (κ2) is 3.46. The molecule has 0 spiro atoms. The molecule has 0 aliphatic heterocycles. The number of para-hydroxylation sites is 2. The Bertz CT molecular complexity index is 518. The van der Waals surface area contributed by atoms with Gasteiger partial charge in [0.15, 0.2) is 0 Å². The van der Waals surface area contributed by atoms with Crippen molar-refractivity contribution in [1.82, 2.24) is 0 Å². The van der Waals surface area contributed by atoms with Gasteiger partial charge >= 0.3 is 0 Å². The molecule has 0 bridgehead atoms. The maximum Gasteiger partial charge on any atom is 0.135 e. The van der Waals surface area contributed by atoms with Gasteiger partial charge in [-0.05, 0) is 12.1 Å². The number of hydrogen-bond donors (Lipinski definition) is 0. The Hall–Kier alpha value is -1.28. The van der Waals surface area contributed by atoms with Crippen LogP contribution in [0, 0.1) is 0 Å². The standard InChI is InChI=1S/C12H8O.BrH/c1-3-7-11-9(5-1)10-6-2-4-8-12(10)13-11;/h1-8H;1H. The van der Waals surface area contributed by atoms with E-state index in [-0.39, 0.29) is 17.0 Å². The molecular formula is C12H9BrO. The van der Waals surface area contributed by atoms with Crippen LogP contribution >= 0.6 is 17.0 Å². The van der Waals surface area contributed by atoms with Crippen molar-refractivity contribution in [3.63, 3.8) is 0 Å². The van der Waals surface area contributed by atoms with E-state index in [2.05, 4.69) is 12.1 Å². The topological polar surface area (TPSA) is 13.1 Å². The highest BCUT2D eigenvalue weighted by Gasteiger charge is 2.02. The molecule has 1 nitrogen and oxygen atoms in total. The molecule has 1 heterocycles. The van der Waals surface area contributed by atoms with E-state index in [9.17, 15) is 0 Å². The Morgan fingerprint density at radius 1 is 0.643 bits per heavy atom. The molecule has 0 saturated carbocycles. The van der Waals surface area contributed by atoms with E-state index in [1.807, 2.05) is 36.4 Å². The van der Waals surface area contributed by atoms with Gasteiger partial charge in [0.1, 0.15) is 11.2 Å². The van der Waals surface area contributed by atoms with Gasteiger partial charge in [-0.3, -0.25) is 0 Å². The number of benzene rings is 2. The first kappa shape index (κ1) is 9.28. The van der Waals surface area contributed by atoms with Gasteiger partial charge in [0, 0.05) is 10.8 Å². The summed E-state index contributed by atoms with van der Waals surface area (Å²) in [6, 6.07) is 16.2. The van der Waals surface area contributed by atoms with E-state index >= 15 is 0 Å². The van der Waals surface area contributed by atoms with Crippen LogP contribution in [0.1, 0.15) is 0 Å². The number of fused-ring (bicyclic) bond motifs is 3. The maximum absolute atomic E-state index is 5.65. The van der Waals surface area contributed by atoms with Crippen LogP contribution in [0.15, 0.2) is 52.9 Å². The molecular weight excluding hydrogens is 240 g/mol. The summed E-state index contributed by atoms with van der Waals surface area (Å²) in [5.74, 6) is 0. The molecule has 0 saturated heterocycles. The minimum absolute atomic E-state index is 0. The van der Waals surface area contributed by atoms with Crippen molar-refractivity contribution in [3.05, 3.63) is 48.5 Å². The van der Waals surface area contributed by atoms with Crippen molar-refractivity contribution in [2.24, 2.45) is 0 Å². The fourth-order valence-electron chi connectivity index (χ4n) is 1.67. The highest BCUT2D eigenvalue weighted by molar-refractivity contribution is 8.93. The zero-order valence-electron chi connectivity index (χ0n) is 7.44. The van der Waals surface area contributed by atoms with E-state index in [1.54, 1.807) is 0 Å². The summed E-state index contributed by atoms with van der Waals surface area (Å²) in [5.41, 5.74) is 1.92. The van der Waals surface area contributed by atoms with Gasteiger partial charge in [-0.2, -0.15) is 0 Å². The monoisotopic (exact) mass is 248 g/mol. The Morgan fingerprint density at radius 3 is 1.57 bits per heavy atom. The van der Waals surface area contributed by atoms with Crippen LogP contribution in [0.3, 0.4) is 0 Å². The van der Waals surface area contributed by atoms with Crippen molar-refractivity contribution >= 4 is 38.9 Å². The lowest BCUT2D eigenvalue weighted by molar-refractivity contribution is 0.669. The average Bonchev–Trinajstić information content (AvgIpc) is 2.56. The highest BCUT2D eigenvalue weighted by atomic mass is 79.9. The lowest BCUT2D eigenvalue weighted by atomic mass is 10.2. The van der Waals surface area contributed by atoms with Crippen LogP contribution in [-0.4, -0.2) is 0 Å². The number of hydrogen-bond acceptors (Lipinski definition) is 1. The third-order valence-electron chi connectivity index (χ3n) is 2.28. The molecule has 0 aliphatic rings. The van der Waals surface area contributed by atoms with Crippen LogP contribution in [0.4, 0.5) is 0 Å².